The summed E-state index contributed by atoms with van der Waals surface area (Å²) in [5, 5.41) is 7.82. The van der Waals surface area contributed by atoms with E-state index < -0.39 is 0 Å². The van der Waals surface area contributed by atoms with Gasteiger partial charge in [-0.15, -0.1) is 0 Å². The molecule has 4 heteroatoms. The van der Waals surface area contributed by atoms with Gasteiger partial charge >= 0.3 is 0 Å². The van der Waals surface area contributed by atoms with Crippen molar-refractivity contribution in [3.05, 3.63) is 42.5 Å². The molecule has 2 aromatic rings. The van der Waals surface area contributed by atoms with Gasteiger partial charge in [-0.25, -0.2) is 9.67 Å². The van der Waals surface area contributed by atoms with Crippen LogP contribution in [-0.2, 0) is 6.54 Å². The molecule has 1 saturated carbocycles. The molecule has 0 amide bonds. The average molecular weight is 270 g/mol. The summed E-state index contributed by atoms with van der Waals surface area (Å²) in [7, 11) is 0. The van der Waals surface area contributed by atoms with Crippen LogP contribution in [0.1, 0.15) is 38.2 Å². The van der Waals surface area contributed by atoms with Crippen LogP contribution in [-0.4, -0.2) is 20.8 Å². The van der Waals surface area contributed by atoms with E-state index in [1.165, 1.54) is 36.9 Å². The second kappa shape index (κ2) is 6.07. The first kappa shape index (κ1) is 13.2. The number of benzene rings is 1. The van der Waals surface area contributed by atoms with Crippen LogP contribution in [0.15, 0.2) is 36.9 Å². The molecule has 0 spiro atoms. The van der Waals surface area contributed by atoms with E-state index in [9.17, 15) is 0 Å². The summed E-state index contributed by atoms with van der Waals surface area (Å²) in [5.74, 6) is 0.838. The number of rotatable bonds is 5. The Hall–Kier alpha value is -1.84. The third-order valence-corrected chi connectivity index (χ3v) is 4.30. The van der Waals surface area contributed by atoms with Crippen molar-refractivity contribution in [3.8, 4) is 0 Å². The van der Waals surface area contributed by atoms with Crippen LogP contribution >= 0.6 is 0 Å². The van der Waals surface area contributed by atoms with Gasteiger partial charge < -0.3 is 5.32 Å². The predicted octanol–water partition coefficient (Wildman–Crippen LogP) is 3.32. The maximum absolute atomic E-state index is 4.13. The van der Waals surface area contributed by atoms with Crippen molar-refractivity contribution in [2.24, 2.45) is 5.92 Å². The second-order valence-electron chi connectivity index (χ2n) is 5.64. The Balaban J connectivity index is 1.61. The normalized spacial score (nSPS) is 22.1. The minimum atomic E-state index is 0.654. The first-order chi connectivity index (χ1) is 9.85. The van der Waals surface area contributed by atoms with Crippen LogP contribution in [0, 0.1) is 5.92 Å². The molecule has 0 aliphatic heterocycles. The Morgan fingerprint density at radius 1 is 1.25 bits per heavy atom. The molecule has 0 bridgehead atoms. The molecule has 0 radical (unpaired) electrons. The molecule has 1 aromatic heterocycles. The van der Waals surface area contributed by atoms with E-state index in [-0.39, 0.29) is 0 Å². The fraction of sp³-hybridized carbons (Fsp3) is 0.500. The van der Waals surface area contributed by atoms with E-state index in [2.05, 4.69) is 46.6 Å². The Labute approximate surface area is 120 Å². The molecule has 1 fully saturated rings. The quantitative estimate of drug-likeness (QED) is 0.906. The molecule has 1 heterocycles. The largest absolute Gasteiger partial charge is 0.382 e. The second-order valence-corrected chi connectivity index (χ2v) is 5.64. The van der Waals surface area contributed by atoms with E-state index in [0.29, 0.717) is 6.04 Å². The van der Waals surface area contributed by atoms with Gasteiger partial charge in [0.2, 0.25) is 0 Å². The van der Waals surface area contributed by atoms with Gasteiger partial charge in [0.15, 0.2) is 0 Å². The maximum Gasteiger partial charge on any atom is 0.137 e. The highest BCUT2D eigenvalue weighted by Gasteiger charge is 2.25. The summed E-state index contributed by atoms with van der Waals surface area (Å²) in [4.78, 5) is 3.96. The zero-order valence-electron chi connectivity index (χ0n) is 12.0. The average Bonchev–Trinajstić information content (AvgIpc) is 3.12. The fourth-order valence-electron chi connectivity index (χ4n) is 3.14. The van der Waals surface area contributed by atoms with Gasteiger partial charge in [-0.1, -0.05) is 31.9 Å². The Kier molecular flexibility index (Phi) is 4.00. The fourth-order valence-corrected chi connectivity index (χ4v) is 3.14. The standard InChI is InChI=1S/C16H22N4/c1-2-14-4-3-5-16(14)19-15-8-6-13(7-9-15)10-20-12-17-11-18-20/h6-9,11-12,14,16,19H,2-5,10H2,1H3. The number of hydrogen-bond acceptors (Lipinski definition) is 3. The van der Waals surface area contributed by atoms with Gasteiger partial charge in [0.25, 0.3) is 0 Å². The van der Waals surface area contributed by atoms with Gasteiger partial charge in [0.05, 0.1) is 6.54 Å². The molecule has 20 heavy (non-hydrogen) atoms. The van der Waals surface area contributed by atoms with Crippen LogP contribution in [0.5, 0.6) is 0 Å². The van der Waals surface area contributed by atoms with E-state index in [0.717, 1.165) is 12.5 Å². The van der Waals surface area contributed by atoms with Gasteiger partial charge in [-0.3, -0.25) is 0 Å². The molecule has 2 atom stereocenters. The van der Waals surface area contributed by atoms with Crippen molar-refractivity contribution >= 4 is 5.69 Å². The molecule has 1 aliphatic rings. The number of aromatic nitrogens is 3. The first-order valence-corrected chi connectivity index (χ1v) is 7.53. The molecule has 1 aliphatic carbocycles. The smallest absolute Gasteiger partial charge is 0.137 e. The first-order valence-electron chi connectivity index (χ1n) is 7.53. The van der Waals surface area contributed by atoms with Crippen molar-refractivity contribution in [2.75, 3.05) is 5.32 Å². The summed E-state index contributed by atoms with van der Waals surface area (Å²) in [5.41, 5.74) is 2.48. The summed E-state index contributed by atoms with van der Waals surface area (Å²) in [6.45, 7) is 3.08. The lowest BCUT2D eigenvalue weighted by Crippen LogP contribution is -2.23. The van der Waals surface area contributed by atoms with E-state index in [1.807, 2.05) is 4.68 Å². The van der Waals surface area contributed by atoms with Crippen molar-refractivity contribution in [1.82, 2.24) is 14.8 Å². The number of nitrogens with zero attached hydrogens (tertiary/aromatic N) is 3. The third-order valence-electron chi connectivity index (χ3n) is 4.30. The van der Waals surface area contributed by atoms with Crippen LogP contribution in [0.2, 0.25) is 0 Å². The lowest BCUT2D eigenvalue weighted by Gasteiger charge is -2.21. The molecule has 1 N–H and O–H groups in total. The molecule has 3 rings (SSSR count). The van der Waals surface area contributed by atoms with Crippen molar-refractivity contribution in [1.29, 1.82) is 0 Å². The van der Waals surface area contributed by atoms with Crippen molar-refractivity contribution < 1.29 is 0 Å². The molecule has 106 valence electrons. The molecule has 1 aromatic carbocycles. The molecule has 2 unspecified atom stereocenters. The molecule has 0 saturated heterocycles. The van der Waals surface area contributed by atoms with Gasteiger partial charge in [-0.2, -0.15) is 5.10 Å². The lowest BCUT2D eigenvalue weighted by atomic mass is 10.0. The van der Waals surface area contributed by atoms with E-state index >= 15 is 0 Å². The summed E-state index contributed by atoms with van der Waals surface area (Å²) in [6.07, 6.45) is 8.64. The van der Waals surface area contributed by atoms with Crippen LogP contribution in [0.4, 0.5) is 5.69 Å². The monoisotopic (exact) mass is 270 g/mol. The van der Waals surface area contributed by atoms with Gasteiger partial charge in [0, 0.05) is 11.7 Å². The van der Waals surface area contributed by atoms with Gasteiger partial charge in [-0.05, 0) is 36.5 Å². The molecular formula is C16H22N4. The zero-order chi connectivity index (χ0) is 13.8. The highest BCUT2D eigenvalue weighted by Crippen LogP contribution is 2.30. The van der Waals surface area contributed by atoms with Gasteiger partial charge in [0.1, 0.15) is 12.7 Å². The predicted molar refractivity (Wildman–Crippen MR) is 80.6 cm³/mol. The Morgan fingerprint density at radius 2 is 2.10 bits per heavy atom. The zero-order valence-corrected chi connectivity index (χ0v) is 12.0. The van der Waals surface area contributed by atoms with Crippen LogP contribution in [0.25, 0.3) is 0 Å². The summed E-state index contributed by atoms with van der Waals surface area (Å²) >= 11 is 0. The Bertz CT molecular complexity index is 518. The van der Waals surface area contributed by atoms with E-state index in [1.54, 1.807) is 12.7 Å². The molecule has 4 nitrogen and oxygen atoms in total. The SMILES string of the molecule is CCC1CCCC1Nc1ccc(Cn2cncn2)cc1. The molecular weight excluding hydrogens is 248 g/mol. The Morgan fingerprint density at radius 3 is 2.80 bits per heavy atom. The topological polar surface area (TPSA) is 42.7 Å². The number of anilines is 1. The van der Waals surface area contributed by atoms with E-state index in [4.69, 9.17) is 0 Å². The summed E-state index contributed by atoms with van der Waals surface area (Å²) in [6, 6.07) is 9.34. The highest BCUT2D eigenvalue weighted by molar-refractivity contribution is 5.45. The lowest BCUT2D eigenvalue weighted by molar-refractivity contribution is 0.489. The summed E-state index contributed by atoms with van der Waals surface area (Å²) < 4.78 is 1.84. The number of hydrogen-bond donors (Lipinski definition) is 1. The maximum atomic E-state index is 4.13. The van der Waals surface area contributed by atoms with Crippen LogP contribution < -0.4 is 5.32 Å². The minimum absolute atomic E-state index is 0.654. The van der Waals surface area contributed by atoms with Crippen molar-refractivity contribution in [3.63, 3.8) is 0 Å². The third kappa shape index (κ3) is 3.00. The van der Waals surface area contributed by atoms with Crippen molar-refractivity contribution in [2.45, 2.75) is 45.2 Å². The minimum Gasteiger partial charge on any atom is -0.382 e. The highest BCUT2D eigenvalue weighted by atomic mass is 15.3. The van der Waals surface area contributed by atoms with Crippen LogP contribution in [0.3, 0.4) is 0 Å². The number of nitrogens with one attached hydrogen (secondary N) is 1.